The van der Waals surface area contributed by atoms with Crippen LogP contribution in [0.2, 0.25) is 0 Å². The molecular weight excluding hydrogens is 313 g/mol. The number of phenolic OH excluding ortho intramolecular Hbond substituents is 2. The molecule has 23 heavy (non-hydrogen) atoms. The van der Waals surface area contributed by atoms with E-state index in [0.717, 1.165) is 18.2 Å². The summed E-state index contributed by atoms with van der Waals surface area (Å²) in [4.78, 5) is 23.4. The average molecular weight is 329 g/mol. The second kappa shape index (κ2) is 9.15. The second-order valence-corrected chi connectivity index (χ2v) is 4.31. The van der Waals surface area contributed by atoms with Gasteiger partial charge in [0.2, 0.25) is 5.75 Å². The zero-order valence-electron chi connectivity index (χ0n) is 12.1. The molecule has 0 heterocycles. The Kier molecular flexibility index (Phi) is 8.32. The number of hydrogen-bond acceptors (Lipinski definition) is 6. The summed E-state index contributed by atoms with van der Waals surface area (Å²) in [5.41, 5.74) is -0.860. The van der Waals surface area contributed by atoms with Gasteiger partial charge in [0, 0.05) is 19.2 Å². The number of rotatable bonds is 5. The summed E-state index contributed by atoms with van der Waals surface area (Å²) in [6.07, 6.45) is 1.13. The van der Waals surface area contributed by atoms with Crippen LogP contribution in [0.5, 0.6) is 11.5 Å². The van der Waals surface area contributed by atoms with E-state index in [1.54, 1.807) is 19.9 Å². The topological polar surface area (TPSA) is 128 Å². The molecule has 1 aromatic carbocycles. The Balaban J connectivity index is 0.00000484. The number of nitrogens with zero attached hydrogens (tertiary/aromatic N) is 3. The number of phenols is 2. The molecule has 0 atom stereocenters. The number of benzene rings is 1. The number of nitriles is 1. The molecule has 0 radical (unpaired) electrons. The van der Waals surface area contributed by atoms with Crippen LogP contribution in [0, 0.1) is 21.4 Å². The van der Waals surface area contributed by atoms with E-state index in [-0.39, 0.29) is 40.7 Å². The molecule has 0 aromatic heterocycles. The average Bonchev–Trinajstić information content (AvgIpc) is 2.48. The summed E-state index contributed by atoms with van der Waals surface area (Å²) < 4.78 is 0. The van der Waals surface area contributed by atoms with Crippen LogP contribution in [-0.2, 0) is 4.79 Å². The number of carbonyl (C=O) groups excluding carboxylic acids is 1. The van der Waals surface area contributed by atoms with Crippen molar-refractivity contribution in [2.75, 3.05) is 13.1 Å². The van der Waals surface area contributed by atoms with Crippen molar-refractivity contribution < 1.29 is 19.9 Å². The third-order valence-corrected chi connectivity index (χ3v) is 3.00. The predicted molar refractivity (Wildman–Crippen MR) is 85.1 cm³/mol. The van der Waals surface area contributed by atoms with Gasteiger partial charge in [0.15, 0.2) is 5.75 Å². The van der Waals surface area contributed by atoms with E-state index in [9.17, 15) is 25.1 Å². The Labute approximate surface area is 155 Å². The quantitative estimate of drug-likeness (QED) is 0.208. The first-order valence-corrected chi connectivity index (χ1v) is 6.47. The number of aromatic hydroxyl groups is 2. The van der Waals surface area contributed by atoms with Crippen LogP contribution >= 0.6 is 0 Å². The van der Waals surface area contributed by atoms with Crippen molar-refractivity contribution >= 4 is 47.2 Å². The molecule has 8 nitrogen and oxygen atoms in total. The van der Waals surface area contributed by atoms with Crippen LogP contribution in [0.15, 0.2) is 17.7 Å². The molecule has 0 aliphatic heterocycles. The molecule has 1 rings (SSSR count). The molecule has 1 amide bonds. The fraction of sp³-hybridized carbons (Fsp3) is 0.286. The summed E-state index contributed by atoms with van der Waals surface area (Å²) in [5, 5.41) is 38.8. The van der Waals surface area contributed by atoms with Gasteiger partial charge in [0.1, 0.15) is 11.6 Å². The van der Waals surface area contributed by atoms with Crippen LogP contribution < -0.4 is 0 Å². The normalized spacial score (nSPS) is 10.4. The van der Waals surface area contributed by atoms with Gasteiger partial charge < -0.3 is 15.1 Å². The molecule has 0 fully saturated rings. The first-order chi connectivity index (χ1) is 10.3. The molecular formula is C14H16N3NaO5. The number of carbonyl (C=O) groups is 1. The van der Waals surface area contributed by atoms with Gasteiger partial charge in [-0.05, 0) is 31.6 Å². The molecule has 0 bridgehead atoms. The second-order valence-electron chi connectivity index (χ2n) is 4.31. The van der Waals surface area contributed by atoms with E-state index in [0.29, 0.717) is 13.1 Å². The molecule has 0 unspecified atom stereocenters. The molecule has 0 spiro atoms. The van der Waals surface area contributed by atoms with E-state index in [1.807, 2.05) is 0 Å². The van der Waals surface area contributed by atoms with E-state index in [2.05, 4.69) is 0 Å². The van der Waals surface area contributed by atoms with Gasteiger partial charge in [-0.2, -0.15) is 5.26 Å². The fourth-order valence-corrected chi connectivity index (χ4v) is 1.84. The first-order valence-electron chi connectivity index (χ1n) is 6.47. The molecule has 0 aliphatic carbocycles. The number of nitro groups is 1. The fourth-order valence-electron chi connectivity index (χ4n) is 1.84. The maximum absolute atomic E-state index is 12.1. The predicted octanol–water partition coefficient (Wildman–Crippen LogP) is 1.13. The van der Waals surface area contributed by atoms with Gasteiger partial charge in [-0.3, -0.25) is 14.9 Å². The zero-order valence-corrected chi connectivity index (χ0v) is 12.1. The molecule has 9 heteroatoms. The third kappa shape index (κ3) is 4.96. The summed E-state index contributed by atoms with van der Waals surface area (Å²) in [7, 11) is 0. The SMILES string of the molecule is CCN(CC)C(=O)/C(C#N)=C/c1cc(O)c(O)c([N+](=O)[O-])c1.[NaH]. The zero-order chi connectivity index (χ0) is 16.9. The monoisotopic (exact) mass is 329 g/mol. The summed E-state index contributed by atoms with van der Waals surface area (Å²) in [6, 6.07) is 3.75. The van der Waals surface area contributed by atoms with Gasteiger partial charge in [0.25, 0.3) is 5.91 Å². The summed E-state index contributed by atoms with van der Waals surface area (Å²) in [5.74, 6) is -2.08. The van der Waals surface area contributed by atoms with Crippen molar-refractivity contribution in [3.63, 3.8) is 0 Å². The van der Waals surface area contributed by atoms with Crippen LogP contribution in [0.25, 0.3) is 6.08 Å². The van der Waals surface area contributed by atoms with Crippen molar-refractivity contribution in [3.8, 4) is 17.6 Å². The maximum atomic E-state index is 12.1. The summed E-state index contributed by atoms with van der Waals surface area (Å²) >= 11 is 0. The van der Waals surface area contributed by atoms with E-state index < -0.39 is 28.0 Å². The minimum atomic E-state index is -0.870. The van der Waals surface area contributed by atoms with Crippen molar-refractivity contribution in [3.05, 3.63) is 33.4 Å². The van der Waals surface area contributed by atoms with Crippen LogP contribution in [-0.4, -0.2) is 68.6 Å². The molecule has 1 aromatic rings. The van der Waals surface area contributed by atoms with Crippen LogP contribution in [0.4, 0.5) is 5.69 Å². The van der Waals surface area contributed by atoms with E-state index >= 15 is 0 Å². The standard InChI is InChI=1S/C14H15N3O5.Na.H/c1-3-16(4-2)14(20)10(8-15)5-9-6-11(17(21)22)13(19)12(18)7-9;;/h5-7,18-19H,3-4H2,1-2H3;;/b10-5+;;. The summed E-state index contributed by atoms with van der Waals surface area (Å²) in [6.45, 7) is 4.34. The molecule has 2 N–H and O–H groups in total. The van der Waals surface area contributed by atoms with Crippen molar-refractivity contribution in [2.24, 2.45) is 0 Å². The Hall–Kier alpha value is -2.08. The van der Waals surface area contributed by atoms with Crippen LogP contribution in [0.1, 0.15) is 19.4 Å². The Morgan fingerprint density at radius 3 is 2.39 bits per heavy atom. The van der Waals surface area contributed by atoms with Gasteiger partial charge in [-0.25, -0.2) is 0 Å². The third-order valence-electron chi connectivity index (χ3n) is 3.00. The molecule has 0 aliphatic rings. The Bertz CT molecular complexity index is 678. The Morgan fingerprint density at radius 1 is 1.39 bits per heavy atom. The number of nitro benzene ring substituents is 1. The molecule has 118 valence electrons. The van der Waals surface area contributed by atoms with Gasteiger partial charge >= 0.3 is 35.2 Å². The molecule has 0 saturated carbocycles. The van der Waals surface area contributed by atoms with Gasteiger partial charge in [-0.1, -0.05) is 0 Å². The van der Waals surface area contributed by atoms with Crippen molar-refractivity contribution in [1.82, 2.24) is 4.90 Å². The Morgan fingerprint density at radius 2 is 1.96 bits per heavy atom. The van der Waals surface area contributed by atoms with Gasteiger partial charge in [0.05, 0.1) is 4.92 Å². The first kappa shape index (κ1) is 20.9. The number of likely N-dealkylation sites (N-methyl/N-ethyl adjacent to an activating group) is 1. The minimum absolute atomic E-state index is 0. The van der Waals surface area contributed by atoms with Crippen LogP contribution in [0.3, 0.4) is 0 Å². The van der Waals surface area contributed by atoms with E-state index in [4.69, 9.17) is 5.26 Å². The van der Waals surface area contributed by atoms with E-state index in [1.165, 1.54) is 4.90 Å². The van der Waals surface area contributed by atoms with Crippen molar-refractivity contribution in [1.29, 1.82) is 5.26 Å². The van der Waals surface area contributed by atoms with Gasteiger partial charge in [-0.15, -0.1) is 0 Å². The number of hydrogen-bond donors (Lipinski definition) is 2. The van der Waals surface area contributed by atoms with Crippen molar-refractivity contribution in [2.45, 2.75) is 13.8 Å². The number of amides is 1. The molecule has 0 saturated heterocycles.